The molecule has 8 nitrogen and oxygen atoms in total. The van der Waals surface area contributed by atoms with Gasteiger partial charge in [-0.15, -0.1) is 5.10 Å². The van der Waals surface area contributed by atoms with Crippen LogP contribution in [-0.2, 0) is 6.54 Å². The Hall–Kier alpha value is -3.42. The molecule has 0 aliphatic carbocycles. The molecule has 0 atom stereocenters. The standard InChI is InChI=1S/C16H13N5O3/c22-16(12-3-1-2-4-13(12)21-9-18-19-20-21)17-8-11-5-6-14-15(7-11)24-10-23-14/h1-7,9H,8,10H2,(H,17,22). The zero-order valence-corrected chi connectivity index (χ0v) is 12.5. The molecule has 1 N–H and O–H groups in total. The molecule has 2 aromatic carbocycles. The van der Waals surface area contributed by atoms with E-state index in [9.17, 15) is 4.79 Å². The highest BCUT2D eigenvalue weighted by Gasteiger charge is 2.15. The van der Waals surface area contributed by atoms with Crippen LogP contribution in [-0.4, -0.2) is 32.9 Å². The number of hydrogen-bond donors (Lipinski definition) is 1. The summed E-state index contributed by atoms with van der Waals surface area (Å²) in [4.78, 5) is 12.5. The van der Waals surface area contributed by atoms with Crippen molar-refractivity contribution in [2.45, 2.75) is 6.54 Å². The molecule has 120 valence electrons. The first-order chi connectivity index (χ1) is 11.8. The first-order valence-corrected chi connectivity index (χ1v) is 7.30. The molecule has 0 fully saturated rings. The van der Waals surface area contributed by atoms with Crippen molar-refractivity contribution in [2.75, 3.05) is 6.79 Å². The summed E-state index contributed by atoms with van der Waals surface area (Å²) in [7, 11) is 0. The molecule has 0 bridgehead atoms. The summed E-state index contributed by atoms with van der Waals surface area (Å²) in [6, 6.07) is 12.7. The molecule has 1 aliphatic rings. The van der Waals surface area contributed by atoms with Crippen LogP contribution in [0.3, 0.4) is 0 Å². The molecule has 1 amide bonds. The van der Waals surface area contributed by atoms with Gasteiger partial charge in [-0.2, -0.15) is 4.68 Å². The second-order valence-electron chi connectivity index (χ2n) is 5.14. The molecular formula is C16H13N5O3. The van der Waals surface area contributed by atoms with Crippen molar-refractivity contribution in [2.24, 2.45) is 0 Å². The third-order valence-electron chi connectivity index (χ3n) is 3.63. The normalized spacial score (nSPS) is 12.2. The minimum atomic E-state index is -0.209. The van der Waals surface area contributed by atoms with E-state index >= 15 is 0 Å². The number of nitrogens with zero attached hydrogens (tertiary/aromatic N) is 4. The molecule has 0 saturated heterocycles. The first kappa shape index (κ1) is 14.2. The van der Waals surface area contributed by atoms with Crippen LogP contribution in [0.15, 0.2) is 48.8 Å². The molecular weight excluding hydrogens is 310 g/mol. The number of aromatic nitrogens is 4. The van der Waals surface area contributed by atoms with Crippen LogP contribution in [0.1, 0.15) is 15.9 Å². The molecule has 2 heterocycles. The van der Waals surface area contributed by atoms with Crippen LogP contribution >= 0.6 is 0 Å². The van der Waals surface area contributed by atoms with Gasteiger partial charge in [-0.1, -0.05) is 18.2 Å². The number of carbonyl (C=O) groups is 1. The molecule has 1 aromatic heterocycles. The van der Waals surface area contributed by atoms with E-state index in [0.717, 1.165) is 5.56 Å². The van der Waals surface area contributed by atoms with Gasteiger partial charge in [0.25, 0.3) is 5.91 Å². The number of hydrogen-bond acceptors (Lipinski definition) is 6. The quantitative estimate of drug-likeness (QED) is 0.778. The number of benzene rings is 2. The first-order valence-electron chi connectivity index (χ1n) is 7.30. The van der Waals surface area contributed by atoms with Crippen molar-refractivity contribution in [1.29, 1.82) is 0 Å². The van der Waals surface area contributed by atoms with Gasteiger partial charge in [-0.05, 0) is 40.3 Å². The Labute approximate surface area is 137 Å². The molecule has 0 radical (unpaired) electrons. The second kappa shape index (κ2) is 5.99. The summed E-state index contributed by atoms with van der Waals surface area (Å²) >= 11 is 0. The molecule has 1 aliphatic heterocycles. The fourth-order valence-corrected chi connectivity index (χ4v) is 2.47. The maximum absolute atomic E-state index is 12.5. The summed E-state index contributed by atoms with van der Waals surface area (Å²) < 4.78 is 12.1. The van der Waals surface area contributed by atoms with Crippen molar-refractivity contribution in [3.63, 3.8) is 0 Å². The minimum Gasteiger partial charge on any atom is -0.454 e. The van der Waals surface area contributed by atoms with Gasteiger partial charge < -0.3 is 14.8 Å². The number of amides is 1. The van der Waals surface area contributed by atoms with Crippen LogP contribution < -0.4 is 14.8 Å². The van der Waals surface area contributed by atoms with Gasteiger partial charge in [-0.25, -0.2) is 0 Å². The van der Waals surface area contributed by atoms with Crippen molar-refractivity contribution >= 4 is 5.91 Å². The van der Waals surface area contributed by atoms with Crippen LogP contribution in [0, 0.1) is 0 Å². The number of nitrogens with one attached hydrogen (secondary N) is 1. The van der Waals surface area contributed by atoms with Crippen molar-refractivity contribution in [3.05, 3.63) is 59.9 Å². The highest BCUT2D eigenvalue weighted by molar-refractivity contribution is 5.97. The molecule has 0 spiro atoms. The lowest BCUT2D eigenvalue weighted by molar-refractivity contribution is 0.0950. The smallest absolute Gasteiger partial charge is 0.253 e. The summed E-state index contributed by atoms with van der Waals surface area (Å²) in [6.07, 6.45) is 1.45. The van der Waals surface area contributed by atoms with Crippen molar-refractivity contribution < 1.29 is 14.3 Å². The summed E-state index contributed by atoms with van der Waals surface area (Å²) in [5.74, 6) is 1.20. The molecule has 3 aromatic rings. The van der Waals surface area contributed by atoms with E-state index in [2.05, 4.69) is 20.8 Å². The van der Waals surface area contributed by atoms with E-state index in [4.69, 9.17) is 9.47 Å². The van der Waals surface area contributed by atoms with E-state index in [1.165, 1.54) is 11.0 Å². The third kappa shape index (κ3) is 2.65. The fraction of sp³-hybridized carbons (Fsp3) is 0.125. The number of ether oxygens (including phenoxy) is 2. The van der Waals surface area contributed by atoms with Gasteiger partial charge in [0.05, 0.1) is 11.3 Å². The Kier molecular flexibility index (Phi) is 3.54. The predicted octanol–water partition coefficient (Wildman–Crippen LogP) is 1.32. The van der Waals surface area contributed by atoms with E-state index in [-0.39, 0.29) is 12.7 Å². The van der Waals surface area contributed by atoms with Gasteiger partial charge in [0, 0.05) is 6.54 Å². The number of rotatable bonds is 4. The number of fused-ring (bicyclic) bond motifs is 1. The Morgan fingerprint density at radius 2 is 2.04 bits per heavy atom. The highest BCUT2D eigenvalue weighted by Crippen LogP contribution is 2.32. The molecule has 0 saturated carbocycles. The van der Waals surface area contributed by atoms with E-state index in [1.807, 2.05) is 24.3 Å². The van der Waals surface area contributed by atoms with Crippen LogP contribution in [0.4, 0.5) is 0 Å². The lowest BCUT2D eigenvalue weighted by Crippen LogP contribution is -2.24. The summed E-state index contributed by atoms with van der Waals surface area (Å²) in [5, 5.41) is 13.9. The highest BCUT2D eigenvalue weighted by atomic mass is 16.7. The van der Waals surface area contributed by atoms with Crippen molar-refractivity contribution in [1.82, 2.24) is 25.5 Å². The van der Waals surface area contributed by atoms with Gasteiger partial charge in [0.2, 0.25) is 6.79 Å². The minimum absolute atomic E-state index is 0.209. The maximum atomic E-state index is 12.5. The summed E-state index contributed by atoms with van der Waals surface area (Å²) in [5.41, 5.74) is 2.03. The Morgan fingerprint density at radius 3 is 2.92 bits per heavy atom. The average Bonchev–Trinajstić information content (AvgIpc) is 3.30. The van der Waals surface area contributed by atoms with Crippen LogP contribution in [0.5, 0.6) is 11.5 Å². The van der Waals surface area contributed by atoms with Crippen LogP contribution in [0.2, 0.25) is 0 Å². The molecule has 0 unspecified atom stereocenters. The lowest BCUT2D eigenvalue weighted by Gasteiger charge is -2.09. The van der Waals surface area contributed by atoms with Gasteiger partial charge in [-0.3, -0.25) is 4.79 Å². The number of tetrazole rings is 1. The summed E-state index contributed by atoms with van der Waals surface area (Å²) in [6.45, 7) is 0.601. The zero-order chi connectivity index (χ0) is 16.4. The second-order valence-corrected chi connectivity index (χ2v) is 5.14. The van der Waals surface area contributed by atoms with Gasteiger partial charge >= 0.3 is 0 Å². The van der Waals surface area contributed by atoms with Crippen molar-refractivity contribution in [3.8, 4) is 17.2 Å². The Morgan fingerprint density at radius 1 is 1.17 bits per heavy atom. The zero-order valence-electron chi connectivity index (χ0n) is 12.5. The fourth-order valence-electron chi connectivity index (χ4n) is 2.47. The van der Waals surface area contributed by atoms with Crippen LogP contribution in [0.25, 0.3) is 5.69 Å². The van der Waals surface area contributed by atoms with Gasteiger partial charge in [0.1, 0.15) is 6.33 Å². The monoisotopic (exact) mass is 323 g/mol. The molecule has 4 rings (SSSR count). The lowest BCUT2D eigenvalue weighted by atomic mass is 10.1. The predicted molar refractivity (Wildman–Crippen MR) is 82.9 cm³/mol. The average molecular weight is 323 g/mol. The Bertz CT molecular complexity index is 879. The van der Waals surface area contributed by atoms with E-state index < -0.39 is 0 Å². The number of carbonyl (C=O) groups excluding carboxylic acids is 1. The Balaban J connectivity index is 1.51. The largest absolute Gasteiger partial charge is 0.454 e. The van der Waals surface area contributed by atoms with E-state index in [0.29, 0.717) is 29.3 Å². The topological polar surface area (TPSA) is 91.2 Å². The number of para-hydroxylation sites is 1. The van der Waals surface area contributed by atoms with Gasteiger partial charge in [0.15, 0.2) is 11.5 Å². The van der Waals surface area contributed by atoms with E-state index in [1.54, 1.807) is 18.2 Å². The SMILES string of the molecule is O=C(NCc1ccc2c(c1)OCO2)c1ccccc1-n1cnnn1. The maximum Gasteiger partial charge on any atom is 0.253 e. The third-order valence-corrected chi connectivity index (χ3v) is 3.63. The molecule has 24 heavy (non-hydrogen) atoms. The molecule has 8 heteroatoms.